The maximum atomic E-state index is 12.2. The Morgan fingerprint density at radius 1 is 1.19 bits per heavy atom. The molecule has 0 radical (unpaired) electrons. The first-order valence-corrected chi connectivity index (χ1v) is 9.01. The van der Waals surface area contributed by atoms with Crippen LogP contribution in [0, 0.1) is 0 Å². The molecule has 0 spiro atoms. The van der Waals surface area contributed by atoms with Crippen LogP contribution in [0.4, 0.5) is 0 Å². The number of ether oxygens (including phenoxy) is 1. The van der Waals surface area contributed by atoms with Gasteiger partial charge in [-0.2, -0.15) is 5.10 Å². The lowest BCUT2D eigenvalue weighted by Gasteiger charge is -2.21. The van der Waals surface area contributed by atoms with Crippen molar-refractivity contribution in [2.45, 2.75) is 19.4 Å². The lowest BCUT2D eigenvalue weighted by atomic mass is 9.98. The number of halogens is 1. The Hall–Kier alpha value is -2.92. The third-order valence-corrected chi connectivity index (χ3v) is 5.01. The van der Waals surface area contributed by atoms with E-state index in [0.717, 1.165) is 33.5 Å². The van der Waals surface area contributed by atoms with E-state index in [1.807, 2.05) is 54.6 Å². The van der Waals surface area contributed by atoms with E-state index >= 15 is 0 Å². The molecule has 1 unspecified atom stereocenters. The van der Waals surface area contributed by atoms with E-state index in [9.17, 15) is 4.79 Å². The van der Waals surface area contributed by atoms with Crippen molar-refractivity contribution in [3.05, 3.63) is 70.9 Å². The van der Waals surface area contributed by atoms with Crippen LogP contribution in [0.3, 0.4) is 0 Å². The summed E-state index contributed by atoms with van der Waals surface area (Å²) in [5.74, 6) is 0.594. The Bertz CT molecular complexity index is 1050. The van der Waals surface area contributed by atoms with Crippen LogP contribution in [-0.2, 0) is 4.79 Å². The summed E-state index contributed by atoms with van der Waals surface area (Å²) in [6, 6.07) is 17.2. The minimum atomic E-state index is -0.274. The van der Waals surface area contributed by atoms with Gasteiger partial charge in [0.1, 0.15) is 10.9 Å². The largest absolute Gasteiger partial charge is 0.497 e. The molecule has 0 bridgehead atoms. The van der Waals surface area contributed by atoms with Crippen LogP contribution in [0.1, 0.15) is 30.5 Å². The van der Waals surface area contributed by atoms with Gasteiger partial charge in [-0.3, -0.25) is 4.79 Å². The summed E-state index contributed by atoms with van der Waals surface area (Å²) in [6.07, 6.45) is 0.590. The predicted octanol–water partition coefficient (Wildman–Crippen LogP) is 4.59. The number of carbonyl (C=O) groups is 1. The molecule has 1 aromatic heterocycles. The molecule has 0 N–H and O–H groups in total. The molecule has 0 saturated carbocycles. The summed E-state index contributed by atoms with van der Waals surface area (Å²) in [4.78, 5) is 16.7. The standard InChI is InChI=1S/C21H18ClN3O2/c1-13(26)25-20(12-19(24-25)14-6-4-3-5-7-14)17-10-15-8-9-16(27-2)11-18(15)23-21(17)22/h3-11,20H,12H2,1-2H3. The molecule has 6 heteroatoms. The normalized spacial score (nSPS) is 16.5. The van der Waals surface area contributed by atoms with Gasteiger partial charge in [0.25, 0.3) is 0 Å². The number of hydrazone groups is 1. The maximum absolute atomic E-state index is 12.2. The van der Waals surface area contributed by atoms with Gasteiger partial charge in [0.2, 0.25) is 5.91 Å². The SMILES string of the molecule is COc1ccc2cc(C3CC(c4ccccc4)=NN3C(C)=O)c(Cl)nc2c1. The van der Waals surface area contributed by atoms with Gasteiger partial charge in [-0.25, -0.2) is 9.99 Å². The lowest BCUT2D eigenvalue weighted by Crippen LogP contribution is -2.24. The summed E-state index contributed by atoms with van der Waals surface area (Å²) in [6.45, 7) is 1.51. The van der Waals surface area contributed by atoms with Gasteiger partial charge in [0, 0.05) is 30.4 Å². The fraction of sp³-hybridized carbons (Fsp3) is 0.190. The number of fused-ring (bicyclic) bond motifs is 1. The lowest BCUT2D eigenvalue weighted by molar-refractivity contribution is -0.130. The number of benzene rings is 2. The average Bonchev–Trinajstić information content (AvgIpc) is 3.13. The Labute approximate surface area is 162 Å². The van der Waals surface area contributed by atoms with E-state index in [0.29, 0.717) is 11.6 Å². The fourth-order valence-corrected chi connectivity index (χ4v) is 3.62. The van der Waals surface area contributed by atoms with E-state index in [4.69, 9.17) is 16.3 Å². The topological polar surface area (TPSA) is 54.8 Å². The fourth-order valence-electron chi connectivity index (χ4n) is 3.35. The summed E-state index contributed by atoms with van der Waals surface area (Å²) in [7, 11) is 1.61. The second kappa shape index (κ2) is 7.00. The van der Waals surface area contributed by atoms with Crippen molar-refractivity contribution in [2.75, 3.05) is 7.11 Å². The number of carbonyl (C=O) groups excluding carboxylic acids is 1. The highest BCUT2D eigenvalue weighted by atomic mass is 35.5. The molecule has 1 amide bonds. The van der Waals surface area contributed by atoms with Crippen LogP contribution in [0.2, 0.25) is 5.15 Å². The molecule has 1 aliphatic heterocycles. The molecular weight excluding hydrogens is 362 g/mol. The number of nitrogens with zero attached hydrogens (tertiary/aromatic N) is 3. The third-order valence-electron chi connectivity index (χ3n) is 4.70. The number of aromatic nitrogens is 1. The highest BCUT2D eigenvalue weighted by Gasteiger charge is 2.33. The molecule has 0 saturated heterocycles. The molecule has 0 aliphatic carbocycles. The summed E-state index contributed by atoms with van der Waals surface area (Å²) in [5, 5.41) is 7.37. The monoisotopic (exact) mass is 379 g/mol. The zero-order chi connectivity index (χ0) is 19.0. The number of pyridine rings is 1. The van der Waals surface area contributed by atoms with E-state index < -0.39 is 0 Å². The van der Waals surface area contributed by atoms with Crippen molar-refractivity contribution in [3.8, 4) is 5.75 Å². The van der Waals surface area contributed by atoms with Crippen molar-refractivity contribution in [3.63, 3.8) is 0 Å². The molecule has 1 aliphatic rings. The average molecular weight is 380 g/mol. The minimum Gasteiger partial charge on any atom is -0.497 e. The molecule has 1 atom stereocenters. The van der Waals surface area contributed by atoms with Gasteiger partial charge < -0.3 is 4.74 Å². The van der Waals surface area contributed by atoms with Gasteiger partial charge in [-0.15, -0.1) is 0 Å². The highest BCUT2D eigenvalue weighted by Crippen LogP contribution is 2.37. The minimum absolute atomic E-state index is 0.128. The number of hydrogen-bond donors (Lipinski definition) is 0. The Morgan fingerprint density at radius 3 is 2.67 bits per heavy atom. The third kappa shape index (κ3) is 3.26. The summed E-state index contributed by atoms with van der Waals surface area (Å²) < 4.78 is 5.25. The second-order valence-corrected chi connectivity index (χ2v) is 6.78. The van der Waals surface area contributed by atoms with Crippen molar-refractivity contribution >= 4 is 34.1 Å². The quantitative estimate of drug-likeness (QED) is 0.625. The zero-order valence-corrected chi connectivity index (χ0v) is 15.8. The van der Waals surface area contributed by atoms with E-state index in [1.54, 1.807) is 7.11 Å². The van der Waals surface area contributed by atoms with Gasteiger partial charge in [-0.05, 0) is 23.8 Å². The van der Waals surface area contributed by atoms with Gasteiger partial charge in [-0.1, -0.05) is 41.9 Å². The molecule has 4 rings (SSSR count). The van der Waals surface area contributed by atoms with Crippen molar-refractivity contribution < 1.29 is 9.53 Å². The molecule has 3 aromatic rings. The number of rotatable bonds is 3. The van der Waals surface area contributed by atoms with Crippen LogP contribution in [0.5, 0.6) is 5.75 Å². The van der Waals surface area contributed by atoms with Crippen LogP contribution >= 0.6 is 11.6 Å². The van der Waals surface area contributed by atoms with E-state index in [2.05, 4.69) is 10.1 Å². The van der Waals surface area contributed by atoms with E-state index in [-0.39, 0.29) is 11.9 Å². The van der Waals surface area contributed by atoms with Crippen molar-refractivity contribution in [1.82, 2.24) is 9.99 Å². The van der Waals surface area contributed by atoms with Gasteiger partial charge in [0.05, 0.1) is 24.4 Å². The Morgan fingerprint density at radius 2 is 1.96 bits per heavy atom. The van der Waals surface area contributed by atoms with E-state index in [1.165, 1.54) is 11.9 Å². The van der Waals surface area contributed by atoms with Crippen LogP contribution in [-0.4, -0.2) is 28.7 Å². The molecule has 5 nitrogen and oxygen atoms in total. The number of hydrogen-bond acceptors (Lipinski definition) is 4. The molecule has 136 valence electrons. The zero-order valence-electron chi connectivity index (χ0n) is 15.0. The maximum Gasteiger partial charge on any atom is 0.240 e. The smallest absolute Gasteiger partial charge is 0.240 e. The molecular formula is C21H18ClN3O2. The molecule has 0 fully saturated rings. The molecule has 27 heavy (non-hydrogen) atoms. The Balaban J connectivity index is 1.76. The number of methoxy groups -OCH3 is 1. The summed E-state index contributed by atoms with van der Waals surface area (Å²) in [5.41, 5.74) is 3.40. The second-order valence-electron chi connectivity index (χ2n) is 6.42. The Kier molecular flexibility index (Phi) is 4.54. The first kappa shape index (κ1) is 17.5. The van der Waals surface area contributed by atoms with Gasteiger partial charge >= 0.3 is 0 Å². The predicted molar refractivity (Wildman–Crippen MR) is 106 cm³/mol. The molecule has 2 aromatic carbocycles. The first-order chi connectivity index (χ1) is 13.1. The van der Waals surface area contributed by atoms with Crippen molar-refractivity contribution in [1.29, 1.82) is 0 Å². The highest BCUT2D eigenvalue weighted by molar-refractivity contribution is 6.30. The van der Waals surface area contributed by atoms with Crippen LogP contribution in [0.25, 0.3) is 10.9 Å². The summed E-state index contributed by atoms with van der Waals surface area (Å²) >= 11 is 6.50. The molecule has 2 heterocycles. The van der Waals surface area contributed by atoms with Crippen LogP contribution in [0.15, 0.2) is 59.7 Å². The number of amides is 1. The first-order valence-electron chi connectivity index (χ1n) is 8.63. The van der Waals surface area contributed by atoms with Crippen LogP contribution < -0.4 is 4.74 Å². The van der Waals surface area contributed by atoms with Gasteiger partial charge in [0.15, 0.2) is 0 Å². The van der Waals surface area contributed by atoms with Crippen molar-refractivity contribution in [2.24, 2.45) is 5.10 Å².